The molecule has 3 aromatic rings. The van der Waals surface area contributed by atoms with Crippen molar-refractivity contribution in [2.24, 2.45) is 0 Å². The lowest BCUT2D eigenvalue weighted by Gasteiger charge is -2.11. The van der Waals surface area contributed by atoms with Gasteiger partial charge in [-0.2, -0.15) is 0 Å². The Bertz CT molecular complexity index is 949. The molecular weight excluding hydrogens is 355 g/mol. The molecule has 5 nitrogen and oxygen atoms in total. The maximum atomic E-state index is 12.9. The van der Waals surface area contributed by atoms with Crippen molar-refractivity contribution < 1.29 is 18.7 Å². The number of amides is 2. The van der Waals surface area contributed by atoms with Crippen molar-refractivity contribution in [3.05, 3.63) is 81.6 Å². The largest absolute Gasteiger partial charge is 0.486 e. The summed E-state index contributed by atoms with van der Waals surface area (Å²) in [5.74, 6) is -0.385. The second kappa shape index (κ2) is 6.68. The molecular formula is C19H13FN2O3S. The fraction of sp³-hybridized carbons (Fsp3) is 0.105. The predicted molar refractivity (Wildman–Crippen MR) is 93.5 cm³/mol. The van der Waals surface area contributed by atoms with E-state index in [1.54, 1.807) is 41.8 Å². The first-order valence-corrected chi connectivity index (χ1v) is 8.76. The molecule has 2 amide bonds. The van der Waals surface area contributed by atoms with E-state index < -0.39 is 0 Å². The number of hydrogen-bond donors (Lipinski definition) is 0. The third-order valence-corrected chi connectivity index (χ3v) is 4.84. The van der Waals surface area contributed by atoms with Crippen LogP contribution in [0.15, 0.2) is 53.9 Å². The van der Waals surface area contributed by atoms with Gasteiger partial charge in [0.15, 0.2) is 0 Å². The summed E-state index contributed by atoms with van der Waals surface area (Å²) < 4.78 is 18.4. The number of halogens is 1. The molecule has 7 heteroatoms. The van der Waals surface area contributed by atoms with Gasteiger partial charge in [-0.1, -0.05) is 12.1 Å². The Hall–Kier alpha value is -3.06. The van der Waals surface area contributed by atoms with E-state index >= 15 is 0 Å². The van der Waals surface area contributed by atoms with Crippen LogP contribution in [0.4, 0.5) is 4.39 Å². The van der Waals surface area contributed by atoms with Crippen LogP contribution < -0.4 is 4.74 Å². The molecule has 0 aliphatic carbocycles. The van der Waals surface area contributed by atoms with Gasteiger partial charge in [-0.25, -0.2) is 9.37 Å². The van der Waals surface area contributed by atoms with Gasteiger partial charge in [0.05, 0.1) is 23.4 Å². The maximum absolute atomic E-state index is 12.9. The van der Waals surface area contributed by atoms with E-state index in [2.05, 4.69) is 4.98 Å². The number of imide groups is 1. The van der Waals surface area contributed by atoms with Gasteiger partial charge in [0.1, 0.15) is 23.2 Å². The Morgan fingerprint density at radius 2 is 1.65 bits per heavy atom. The molecule has 0 fully saturated rings. The van der Waals surface area contributed by atoms with Gasteiger partial charge in [0.2, 0.25) is 0 Å². The summed E-state index contributed by atoms with van der Waals surface area (Å²) in [5, 5.41) is 2.51. The van der Waals surface area contributed by atoms with Gasteiger partial charge in [-0.15, -0.1) is 11.3 Å². The number of hydrogen-bond acceptors (Lipinski definition) is 5. The van der Waals surface area contributed by atoms with Crippen molar-refractivity contribution in [2.45, 2.75) is 13.2 Å². The highest BCUT2D eigenvalue weighted by molar-refractivity contribution is 7.09. The minimum Gasteiger partial charge on any atom is -0.486 e. The fourth-order valence-corrected chi connectivity index (χ4v) is 3.40. The van der Waals surface area contributed by atoms with Gasteiger partial charge in [0.25, 0.3) is 11.8 Å². The summed E-state index contributed by atoms with van der Waals surface area (Å²) in [6.45, 7) is 0.359. The van der Waals surface area contributed by atoms with Gasteiger partial charge >= 0.3 is 0 Å². The van der Waals surface area contributed by atoms with Crippen molar-refractivity contribution in [1.29, 1.82) is 0 Å². The van der Waals surface area contributed by atoms with Crippen molar-refractivity contribution in [3.8, 4) is 5.75 Å². The van der Waals surface area contributed by atoms with Gasteiger partial charge in [-0.3, -0.25) is 14.5 Å². The molecule has 26 heavy (non-hydrogen) atoms. The molecule has 0 atom stereocenters. The van der Waals surface area contributed by atoms with Crippen LogP contribution in [0.1, 0.15) is 31.4 Å². The van der Waals surface area contributed by atoms with E-state index in [1.807, 2.05) is 0 Å². The normalized spacial score (nSPS) is 13.2. The van der Waals surface area contributed by atoms with Gasteiger partial charge in [-0.05, 0) is 36.4 Å². The first-order chi connectivity index (χ1) is 12.6. The Kier molecular flexibility index (Phi) is 4.22. The van der Waals surface area contributed by atoms with E-state index in [0.29, 0.717) is 27.6 Å². The van der Waals surface area contributed by atoms with Gasteiger partial charge in [0, 0.05) is 5.38 Å². The van der Waals surface area contributed by atoms with E-state index in [4.69, 9.17) is 4.74 Å². The first-order valence-electron chi connectivity index (χ1n) is 7.89. The van der Waals surface area contributed by atoms with Crippen LogP contribution >= 0.6 is 11.3 Å². The van der Waals surface area contributed by atoms with E-state index in [-0.39, 0.29) is 30.8 Å². The summed E-state index contributed by atoms with van der Waals surface area (Å²) in [4.78, 5) is 30.4. The lowest BCUT2D eigenvalue weighted by Crippen LogP contribution is -2.29. The summed E-state index contributed by atoms with van der Waals surface area (Å²) in [6, 6.07) is 12.5. The van der Waals surface area contributed by atoms with Gasteiger partial charge < -0.3 is 4.74 Å². The van der Waals surface area contributed by atoms with E-state index in [1.165, 1.54) is 28.4 Å². The fourth-order valence-electron chi connectivity index (χ4n) is 2.71. The molecule has 0 saturated heterocycles. The summed E-state index contributed by atoms with van der Waals surface area (Å²) in [6.07, 6.45) is 0. The average molecular weight is 368 g/mol. The molecule has 0 unspecified atom stereocenters. The highest BCUT2D eigenvalue weighted by atomic mass is 32.1. The molecule has 130 valence electrons. The molecule has 1 aliphatic heterocycles. The molecule has 0 saturated carbocycles. The minimum atomic E-state index is -0.324. The van der Waals surface area contributed by atoms with Crippen molar-refractivity contribution >= 4 is 23.2 Å². The Balaban J connectivity index is 1.42. The third-order valence-electron chi connectivity index (χ3n) is 3.97. The standard InChI is InChI=1S/C19H13FN2O3S/c20-12-5-7-14(8-6-12)25-10-17-21-13(11-26-17)9-22-18(23)15-3-1-2-4-16(15)19(22)24/h1-8,11H,9-10H2. The maximum Gasteiger partial charge on any atom is 0.261 e. The Labute approximate surface area is 152 Å². The molecule has 2 aromatic carbocycles. The highest BCUT2D eigenvalue weighted by Gasteiger charge is 2.35. The predicted octanol–water partition coefficient (Wildman–Crippen LogP) is 3.66. The molecule has 0 bridgehead atoms. The molecule has 0 spiro atoms. The molecule has 1 aliphatic rings. The van der Waals surface area contributed by atoms with E-state index in [0.717, 1.165) is 0 Å². The van der Waals surface area contributed by atoms with E-state index in [9.17, 15) is 14.0 Å². The lowest BCUT2D eigenvalue weighted by atomic mass is 10.1. The highest BCUT2D eigenvalue weighted by Crippen LogP contribution is 2.25. The first kappa shape index (κ1) is 16.4. The number of nitrogens with zero attached hydrogens (tertiary/aromatic N) is 2. The number of carbonyl (C=O) groups is 2. The number of benzene rings is 2. The van der Waals surface area contributed by atoms with Crippen molar-refractivity contribution in [2.75, 3.05) is 0 Å². The number of rotatable bonds is 5. The minimum absolute atomic E-state index is 0.124. The van der Waals surface area contributed by atoms with Crippen LogP contribution in [-0.2, 0) is 13.2 Å². The van der Waals surface area contributed by atoms with Crippen LogP contribution in [0, 0.1) is 5.82 Å². The molecule has 4 rings (SSSR count). The lowest BCUT2D eigenvalue weighted by molar-refractivity contribution is 0.0640. The SMILES string of the molecule is O=C1c2ccccc2C(=O)N1Cc1csc(COc2ccc(F)cc2)n1. The Morgan fingerprint density at radius 1 is 1.00 bits per heavy atom. The molecule has 0 N–H and O–H groups in total. The molecule has 0 radical (unpaired) electrons. The third kappa shape index (κ3) is 3.09. The zero-order valence-corrected chi connectivity index (χ0v) is 14.3. The second-order valence-electron chi connectivity index (χ2n) is 5.72. The number of aromatic nitrogens is 1. The van der Waals surface area contributed by atoms with Crippen LogP contribution in [-0.4, -0.2) is 21.7 Å². The Morgan fingerprint density at radius 3 is 2.31 bits per heavy atom. The monoisotopic (exact) mass is 368 g/mol. The second-order valence-corrected chi connectivity index (χ2v) is 6.66. The van der Waals surface area contributed by atoms with Crippen molar-refractivity contribution in [1.82, 2.24) is 9.88 Å². The van der Waals surface area contributed by atoms with Crippen LogP contribution in [0.2, 0.25) is 0 Å². The van der Waals surface area contributed by atoms with Crippen LogP contribution in [0.3, 0.4) is 0 Å². The quantitative estimate of drug-likeness (QED) is 0.645. The summed E-state index contributed by atoms with van der Waals surface area (Å²) in [7, 11) is 0. The summed E-state index contributed by atoms with van der Waals surface area (Å²) in [5.41, 5.74) is 1.47. The molecule has 1 aromatic heterocycles. The zero-order valence-electron chi connectivity index (χ0n) is 13.5. The van der Waals surface area contributed by atoms with Crippen molar-refractivity contribution in [3.63, 3.8) is 0 Å². The number of carbonyl (C=O) groups excluding carboxylic acids is 2. The smallest absolute Gasteiger partial charge is 0.261 e. The number of thiazole rings is 1. The summed E-state index contributed by atoms with van der Waals surface area (Å²) >= 11 is 1.38. The number of ether oxygens (including phenoxy) is 1. The van der Waals surface area contributed by atoms with Crippen LogP contribution in [0.25, 0.3) is 0 Å². The zero-order chi connectivity index (χ0) is 18.1. The molecule has 2 heterocycles. The number of fused-ring (bicyclic) bond motifs is 1. The topological polar surface area (TPSA) is 59.5 Å². The average Bonchev–Trinajstić information content (AvgIpc) is 3.20. The van der Waals surface area contributed by atoms with Crippen LogP contribution in [0.5, 0.6) is 5.75 Å².